The normalized spacial score (nSPS) is 25.2. The second-order valence-corrected chi connectivity index (χ2v) is 10.6. The predicted octanol–water partition coefficient (Wildman–Crippen LogP) is 9.65. The number of rotatable bonds is 9. The Hall–Kier alpha value is -1.77. The van der Waals surface area contributed by atoms with Gasteiger partial charge >= 0.3 is 0 Å². The zero-order valence-corrected chi connectivity index (χ0v) is 20.2. The molecular formula is C30H39F3. The Morgan fingerprint density at radius 1 is 0.909 bits per heavy atom. The van der Waals surface area contributed by atoms with Crippen molar-refractivity contribution >= 4 is 10.8 Å². The van der Waals surface area contributed by atoms with Crippen molar-refractivity contribution in [3.63, 3.8) is 0 Å². The van der Waals surface area contributed by atoms with Gasteiger partial charge in [0.1, 0.15) is 17.5 Å². The van der Waals surface area contributed by atoms with Gasteiger partial charge in [0, 0.05) is 5.56 Å². The monoisotopic (exact) mass is 456 g/mol. The largest absolute Gasteiger partial charge is 0.207 e. The summed E-state index contributed by atoms with van der Waals surface area (Å²) in [4.78, 5) is 0. The van der Waals surface area contributed by atoms with Crippen LogP contribution in [0.25, 0.3) is 10.8 Å². The van der Waals surface area contributed by atoms with Crippen molar-refractivity contribution in [3.8, 4) is 0 Å². The van der Waals surface area contributed by atoms with Gasteiger partial charge in [0.2, 0.25) is 0 Å². The Bertz CT molecular complexity index is 963. The van der Waals surface area contributed by atoms with Crippen molar-refractivity contribution in [2.75, 3.05) is 0 Å². The fourth-order valence-electron chi connectivity index (χ4n) is 6.64. The van der Waals surface area contributed by atoms with Gasteiger partial charge in [-0.15, -0.1) is 6.58 Å². The summed E-state index contributed by atoms with van der Waals surface area (Å²) in [5.74, 6) is 0.176. The van der Waals surface area contributed by atoms with Crippen LogP contribution in [0.15, 0.2) is 30.9 Å². The van der Waals surface area contributed by atoms with Gasteiger partial charge in [-0.05, 0) is 91.7 Å². The highest BCUT2D eigenvalue weighted by Gasteiger charge is 2.37. The van der Waals surface area contributed by atoms with Crippen LogP contribution in [0, 0.1) is 35.2 Å². The van der Waals surface area contributed by atoms with E-state index in [1.807, 2.05) is 0 Å². The van der Waals surface area contributed by atoms with Gasteiger partial charge in [-0.1, -0.05) is 57.6 Å². The quantitative estimate of drug-likeness (QED) is 0.260. The lowest BCUT2D eigenvalue weighted by Crippen LogP contribution is -2.31. The van der Waals surface area contributed by atoms with E-state index in [-0.39, 0.29) is 16.9 Å². The molecule has 2 aromatic rings. The summed E-state index contributed by atoms with van der Waals surface area (Å²) in [6.45, 7) is 5.94. The highest BCUT2D eigenvalue weighted by Crippen LogP contribution is 2.49. The molecule has 2 unspecified atom stereocenters. The number of halogens is 3. The molecule has 3 heteroatoms. The van der Waals surface area contributed by atoms with Crippen LogP contribution in [-0.2, 0) is 6.42 Å². The molecule has 180 valence electrons. The first-order valence-electron chi connectivity index (χ1n) is 13.2. The first-order valence-corrected chi connectivity index (χ1v) is 13.2. The van der Waals surface area contributed by atoms with Gasteiger partial charge < -0.3 is 0 Å². The Morgan fingerprint density at radius 2 is 1.70 bits per heavy atom. The van der Waals surface area contributed by atoms with E-state index >= 15 is 8.78 Å². The molecule has 4 atom stereocenters. The van der Waals surface area contributed by atoms with Crippen LogP contribution in [0.5, 0.6) is 0 Å². The fraction of sp³-hybridized carbons (Fsp3) is 0.600. The number of fused-ring (bicyclic) bond motifs is 2. The second kappa shape index (κ2) is 11.1. The third-order valence-electron chi connectivity index (χ3n) is 8.41. The molecule has 4 rings (SSSR count). The van der Waals surface area contributed by atoms with E-state index < -0.39 is 17.5 Å². The molecule has 0 amide bonds. The topological polar surface area (TPSA) is 0 Å². The maximum atomic E-state index is 15.6. The molecule has 0 N–H and O–H groups in total. The molecule has 0 radical (unpaired) electrons. The maximum Gasteiger partial charge on any atom is 0.140 e. The summed E-state index contributed by atoms with van der Waals surface area (Å²) in [7, 11) is 0. The van der Waals surface area contributed by atoms with Crippen LogP contribution in [0.4, 0.5) is 13.2 Å². The van der Waals surface area contributed by atoms with E-state index in [9.17, 15) is 4.39 Å². The second-order valence-electron chi connectivity index (χ2n) is 10.6. The van der Waals surface area contributed by atoms with Gasteiger partial charge in [-0.2, -0.15) is 0 Å². The molecule has 2 aromatic carbocycles. The summed E-state index contributed by atoms with van der Waals surface area (Å²) < 4.78 is 45.6. The van der Waals surface area contributed by atoms with Crippen molar-refractivity contribution in [2.24, 2.45) is 17.8 Å². The van der Waals surface area contributed by atoms with E-state index in [1.165, 1.54) is 63.5 Å². The maximum absolute atomic E-state index is 15.6. The third kappa shape index (κ3) is 5.49. The molecule has 0 heterocycles. The zero-order valence-electron chi connectivity index (χ0n) is 20.2. The Labute approximate surface area is 197 Å². The molecule has 2 saturated carbocycles. The molecular weight excluding hydrogens is 417 g/mol. The summed E-state index contributed by atoms with van der Waals surface area (Å²) in [6, 6.07) is 4.47. The molecule has 0 aromatic heterocycles. The van der Waals surface area contributed by atoms with Crippen molar-refractivity contribution in [1.29, 1.82) is 0 Å². The summed E-state index contributed by atoms with van der Waals surface area (Å²) in [6.07, 6.45) is 16.1. The van der Waals surface area contributed by atoms with Crippen molar-refractivity contribution < 1.29 is 13.2 Å². The number of hydrogen-bond acceptors (Lipinski definition) is 0. The van der Waals surface area contributed by atoms with Crippen molar-refractivity contribution in [3.05, 3.63) is 59.4 Å². The summed E-state index contributed by atoms with van der Waals surface area (Å²) >= 11 is 0. The van der Waals surface area contributed by atoms with Crippen LogP contribution < -0.4 is 0 Å². The van der Waals surface area contributed by atoms with Crippen LogP contribution in [0.2, 0.25) is 0 Å². The molecule has 0 nitrogen and oxygen atoms in total. The minimum Gasteiger partial charge on any atom is -0.207 e. The van der Waals surface area contributed by atoms with E-state index in [1.54, 1.807) is 12.1 Å². The first-order chi connectivity index (χ1) is 16.0. The number of allylic oxidation sites excluding steroid dienone is 1. The van der Waals surface area contributed by atoms with Gasteiger partial charge in [-0.25, -0.2) is 13.2 Å². The van der Waals surface area contributed by atoms with Crippen molar-refractivity contribution in [2.45, 2.75) is 96.3 Å². The smallest absolute Gasteiger partial charge is 0.140 e. The summed E-state index contributed by atoms with van der Waals surface area (Å²) in [5, 5.41) is 0.275. The minimum absolute atomic E-state index is 0.0494. The Kier molecular flexibility index (Phi) is 8.20. The van der Waals surface area contributed by atoms with E-state index in [0.717, 1.165) is 30.7 Å². The van der Waals surface area contributed by atoms with Gasteiger partial charge in [0.25, 0.3) is 0 Å². The lowest BCUT2D eigenvalue weighted by atomic mass is 9.63. The van der Waals surface area contributed by atoms with Crippen LogP contribution >= 0.6 is 0 Å². The third-order valence-corrected chi connectivity index (χ3v) is 8.41. The SMILES string of the molecule is C=CCCc1cc(F)c2c(F)c([C@@H]3CC[C@@H]4CC(CCCCCC)CCC4C3)c(F)cc2c1. The standard InChI is InChI=1S/C30H39F3/c1-3-5-7-8-10-20-11-12-23-18-24(14-13-22(23)15-20)28-27(32)19-25-16-21(9-6-4-2)17-26(31)29(25)30(28)33/h4,16-17,19-20,22-24H,2-3,5-15,18H2,1H3/t20?,22-,23?,24-/m1/s1. The highest BCUT2D eigenvalue weighted by molar-refractivity contribution is 5.85. The molecule has 2 aliphatic rings. The first kappa shape index (κ1) is 24.4. The minimum atomic E-state index is -0.675. The number of benzene rings is 2. The van der Waals surface area contributed by atoms with Crippen LogP contribution in [0.3, 0.4) is 0 Å². The molecule has 2 fully saturated rings. The van der Waals surface area contributed by atoms with E-state index in [0.29, 0.717) is 30.1 Å². The number of aryl methyl sites for hydroxylation is 1. The fourth-order valence-corrected chi connectivity index (χ4v) is 6.64. The molecule has 0 spiro atoms. The van der Waals surface area contributed by atoms with E-state index in [2.05, 4.69) is 13.5 Å². The molecule has 0 bridgehead atoms. The van der Waals surface area contributed by atoms with Crippen molar-refractivity contribution in [1.82, 2.24) is 0 Å². The Morgan fingerprint density at radius 3 is 2.48 bits per heavy atom. The van der Waals surface area contributed by atoms with Gasteiger partial charge in [0.05, 0.1) is 5.39 Å². The predicted molar refractivity (Wildman–Crippen MR) is 132 cm³/mol. The molecule has 2 aliphatic carbocycles. The van der Waals surface area contributed by atoms with Crippen LogP contribution in [-0.4, -0.2) is 0 Å². The lowest BCUT2D eigenvalue weighted by molar-refractivity contribution is 0.111. The summed E-state index contributed by atoms with van der Waals surface area (Å²) in [5.41, 5.74) is 0.874. The number of unbranched alkanes of at least 4 members (excludes halogenated alkanes) is 3. The molecule has 0 aliphatic heterocycles. The van der Waals surface area contributed by atoms with Gasteiger partial charge in [0.15, 0.2) is 0 Å². The molecule has 0 saturated heterocycles. The Balaban J connectivity index is 1.48. The number of hydrogen-bond donors (Lipinski definition) is 0. The average molecular weight is 457 g/mol. The highest BCUT2D eigenvalue weighted by atomic mass is 19.1. The average Bonchev–Trinajstić information content (AvgIpc) is 2.80. The molecule has 33 heavy (non-hydrogen) atoms. The lowest BCUT2D eigenvalue weighted by Gasteiger charge is -2.42. The van der Waals surface area contributed by atoms with Gasteiger partial charge in [-0.3, -0.25) is 0 Å². The van der Waals surface area contributed by atoms with E-state index in [4.69, 9.17) is 0 Å². The zero-order chi connectivity index (χ0) is 23.4. The van der Waals surface area contributed by atoms with Crippen LogP contribution in [0.1, 0.15) is 101 Å².